The van der Waals surface area contributed by atoms with Gasteiger partial charge in [-0.15, -0.1) is 11.3 Å². The van der Waals surface area contributed by atoms with E-state index in [4.69, 9.17) is 9.47 Å². The Morgan fingerprint density at radius 1 is 1.11 bits per heavy atom. The van der Waals surface area contributed by atoms with Gasteiger partial charge in [0.1, 0.15) is 11.2 Å². The highest BCUT2D eigenvalue weighted by atomic mass is 32.1. The lowest BCUT2D eigenvalue weighted by Crippen LogP contribution is -2.39. The monoisotopic (exact) mass is 513 g/mol. The zero-order chi connectivity index (χ0) is 25.2. The zero-order valence-corrected chi connectivity index (χ0v) is 20.4. The smallest absolute Gasteiger partial charge is 0.338 e. The molecule has 190 valence electrons. The number of nitrogens with zero attached hydrogens (tertiary/aromatic N) is 1. The number of benzene rings is 1. The largest absolute Gasteiger partial charge is 0.478 e. The predicted octanol–water partition coefficient (Wildman–Crippen LogP) is 2.63. The van der Waals surface area contributed by atoms with Crippen LogP contribution in [0.2, 0.25) is 0 Å². The molecule has 1 aromatic carbocycles. The molecule has 0 aliphatic carbocycles. The molecule has 1 aromatic heterocycles. The fourth-order valence-corrected chi connectivity index (χ4v) is 5.94. The fraction of sp³-hybridized carbons (Fsp3) is 0.440. The molecular weight excluding hydrogens is 486 g/mol. The summed E-state index contributed by atoms with van der Waals surface area (Å²) in [7, 11) is 0. The molecular formula is C25H27N3O7S. The molecule has 5 rings (SSSR count). The van der Waals surface area contributed by atoms with E-state index in [0.29, 0.717) is 29.2 Å². The van der Waals surface area contributed by atoms with Crippen LogP contribution in [0.3, 0.4) is 0 Å². The highest BCUT2D eigenvalue weighted by Gasteiger charge is 2.35. The highest BCUT2D eigenvalue weighted by Crippen LogP contribution is 2.38. The first-order valence-corrected chi connectivity index (χ1v) is 12.8. The second kappa shape index (κ2) is 10.4. The lowest BCUT2D eigenvalue weighted by molar-refractivity contribution is -0.122. The van der Waals surface area contributed by atoms with Gasteiger partial charge in [-0.3, -0.25) is 19.3 Å². The zero-order valence-electron chi connectivity index (χ0n) is 19.6. The van der Waals surface area contributed by atoms with E-state index in [1.165, 1.54) is 11.3 Å². The van der Waals surface area contributed by atoms with Gasteiger partial charge in [-0.05, 0) is 37.0 Å². The van der Waals surface area contributed by atoms with Gasteiger partial charge < -0.3 is 25.2 Å². The molecule has 2 aromatic rings. The van der Waals surface area contributed by atoms with Crippen LogP contribution in [0.5, 0.6) is 0 Å². The molecule has 3 amide bonds. The second-order valence-corrected chi connectivity index (χ2v) is 10.1. The molecule has 11 heteroatoms. The second-order valence-electron chi connectivity index (χ2n) is 9.01. The number of rotatable bonds is 8. The normalized spacial score (nSPS) is 21.2. The van der Waals surface area contributed by atoms with E-state index in [1.54, 1.807) is 24.3 Å². The minimum Gasteiger partial charge on any atom is -0.478 e. The van der Waals surface area contributed by atoms with Crippen molar-refractivity contribution in [2.24, 2.45) is 0 Å². The summed E-state index contributed by atoms with van der Waals surface area (Å²) < 4.78 is 11.6. The molecule has 1 saturated heterocycles. The number of fused-ring (bicyclic) bond motifs is 2. The number of carboxylic acids is 1. The lowest BCUT2D eigenvalue weighted by Gasteiger charge is -2.24. The van der Waals surface area contributed by atoms with Crippen molar-refractivity contribution in [2.75, 3.05) is 25.0 Å². The first-order chi connectivity index (χ1) is 17.4. The number of carbonyl (C=O) groups excluding carboxylic acids is 3. The van der Waals surface area contributed by atoms with Crippen LogP contribution in [0.25, 0.3) is 0 Å². The molecule has 2 atom stereocenters. The van der Waals surface area contributed by atoms with Crippen LogP contribution in [0.15, 0.2) is 24.3 Å². The molecule has 3 aliphatic rings. The van der Waals surface area contributed by atoms with Crippen LogP contribution < -0.4 is 10.6 Å². The molecule has 0 radical (unpaired) electrons. The Balaban J connectivity index is 1.15. The molecule has 36 heavy (non-hydrogen) atoms. The maximum Gasteiger partial charge on any atom is 0.338 e. The summed E-state index contributed by atoms with van der Waals surface area (Å²) in [6.07, 6.45) is 2.61. The lowest BCUT2D eigenvalue weighted by atomic mass is 10.0. The Kier molecular flexibility index (Phi) is 7.04. The van der Waals surface area contributed by atoms with Crippen LogP contribution in [-0.2, 0) is 27.3 Å². The molecule has 4 heterocycles. The topological polar surface area (TPSA) is 134 Å². The van der Waals surface area contributed by atoms with E-state index >= 15 is 0 Å². The summed E-state index contributed by atoms with van der Waals surface area (Å²) in [5, 5.41) is 16.5. The van der Waals surface area contributed by atoms with Crippen LogP contribution in [0, 0.1) is 0 Å². The first kappa shape index (κ1) is 24.4. The number of thiophene rings is 1. The average molecular weight is 514 g/mol. The third kappa shape index (κ3) is 4.86. The molecule has 3 N–H and O–H groups in total. The summed E-state index contributed by atoms with van der Waals surface area (Å²) >= 11 is 1.37. The minimum atomic E-state index is -1.00. The van der Waals surface area contributed by atoms with Crippen molar-refractivity contribution in [3.05, 3.63) is 51.4 Å². The maximum absolute atomic E-state index is 12.4. The maximum atomic E-state index is 12.4. The van der Waals surface area contributed by atoms with Crippen molar-refractivity contribution in [3.63, 3.8) is 0 Å². The molecule has 0 spiro atoms. The summed E-state index contributed by atoms with van der Waals surface area (Å²) in [5.41, 5.74) is 1.67. The Morgan fingerprint density at radius 2 is 1.86 bits per heavy atom. The Labute approximate surface area is 211 Å². The quantitative estimate of drug-likeness (QED) is 0.459. The Hall–Kier alpha value is -3.28. The summed E-state index contributed by atoms with van der Waals surface area (Å²) in [6, 6.07) is 6.59. The van der Waals surface area contributed by atoms with E-state index in [1.807, 2.05) is 0 Å². The van der Waals surface area contributed by atoms with Gasteiger partial charge in [0.25, 0.3) is 11.8 Å². The number of hydrogen-bond donors (Lipinski definition) is 3. The fourth-order valence-electron chi connectivity index (χ4n) is 4.76. The van der Waals surface area contributed by atoms with Crippen LogP contribution in [-0.4, -0.2) is 65.7 Å². The van der Waals surface area contributed by atoms with Gasteiger partial charge in [0.15, 0.2) is 0 Å². The first-order valence-electron chi connectivity index (χ1n) is 12.0. The number of hydrogen-bond acceptors (Lipinski definition) is 8. The van der Waals surface area contributed by atoms with Crippen LogP contribution in [0.4, 0.5) is 5.00 Å². The van der Waals surface area contributed by atoms with Gasteiger partial charge in [-0.1, -0.05) is 12.1 Å². The number of carboxylic acid groups (broad SMARTS) is 1. The van der Waals surface area contributed by atoms with Gasteiger partial charge in [0.05, 0.1) is 29.4 Å². The standard InChI is InChI=1S/C25H27N3O7S/c29-19(8-9-28-23(30)15-5-1-2-6-16(15)24(28)31)26-12-14-11-17-18(13-35-14)36-22(21(17)25(32)33)27-20-7-3-4-10-34-20/h1-2,5-6,14,20,27H,3-4,7-13H2,(H,26,29)(H,32,33). The van der Waals surface area contributed by atoms with Crippen molar-refractivity contribution < 1.29 is 33.8 Å². The third-order valence-electron chi connectivity index (χ3n) is 6.63. The third-order valence-corrected chi connectivity index (χ3v) is 7.76. The van der Waals surface area contributed by atoms with E-state index in [-0.39, 0.29) is 49.9 Å². The van der Waals surface area contributed by atoms with Gasteiger partial charge in [0, 0.05) is 37.4 Å². The highest BCUT2D eigenvalue weighted by molar-refractivity contribution is 7.16. The number of aromatic carboxylic acids is 1. The summed E-state index contributed by atoms with van der Waals surface area (Å²) in [5.74, 6) is -2.11. The molecule has 2 unspecified atom stereocenters. The van der Waals surface area contributed by atoms with E-state index in [9.17, 15) is 24.3 Å². The van der Waals surface area contributed by atoms with Crippen molar-refractivity contribution in [1.29, 1.82) is 0 Å². The molecule has 10 nitrogen and oxygen atoms in total. The number of carbonyl (C=O) groups is 4. The predicted molar refractivity (Wildman–Crippen MR) is 130 cm³/mol. The average Bonchev–Trinajstić information content (AvgIpc) is 3.36. The number of imide groups is 1. The van der Waals surface area contributed by atoms with Crippen LogP contribution >= 0.6 is 11.3 Å². The molecule has 0 saturated carbocycles. The Bertz CT molecular complexity index is 1170. The van der Waals surface area contributed by atoms with E-state index < -0.39 is 17.8 Å². The molecule has 0 bridgehead atoms. The minimum absolute atomic E-state index is 0.0141. The molecule has 3 aliphatic heterocycles. The van der Waals surface area contributed by atoms with Gasteiger partial charge in [-0.25, -0.2) is 4.79 Å². The summed E-state index contributed by atoms with van der Waals surface area (Å²) in [6.45, 7) is 1.11. The van der Waals surface area contributed by atoms with Crippen molar-refractivity contribution in [1.82, 2.24) is 10.2 Å². The Morgan fingerprint density at radius 3 is 2.53 bits per heavy atom. The molecule has 1 fully saturated rings. The van der Waals surface area contributed by atoms with E-state index in [2.05, 4.69) is 10.6 Å². The van der Waals surface area contributed by atoms with Crippen molar-refractivity contribution >= 4 is 40.0 Å². The van der Waals surface area contributed by atoms with Gasteiger partial charge in [0.2, 0.25) is 5.91 Å². The summed E-state index contributed by atoms with van der Waals surface area (Å²) in [4.78, 5) is 51.4. The number of nitrogens with one attached hydrogen (secondary N) is 2. The van der Waals surface area contributed by atoms with Gasteiger partial charge >= 0.3 is 5.97 Å². The number of amides is 3. The van der Waals surface area contributed by atoms with Crippen LogP contribution in [0.1, 0.15) is 67.2 Å². The number of anilines is 1. The SMILES string of the molecule is O=C(CCN1C(=O)c2ccccc2C1=O)NCC1Cc2c(sc(NC3CCCCO3)c2C(=O)O)CO1. The van der Waals surface area contributed by atoms with Crippen molar-refractivity contribution in [3.8, 4) is 0 Å². The van der Waals surface area contributed by atoms with E-state index in [0.717, 1.165) is 34.6 Å². The van der Waals surface area contributed by atoms with Gasteiger partial charge in [-0.2, -0.15) is 0 Å². The number of ether oxygens (including phenoxy) is 2. The van der Waals surface area contributed by atoms with Crippen molar-refractivity contribution in [2.45, 2.75) is 51.0 Å².